The van der Waals surface area contributed by atoms with Crippen molar-refractivity contribution in [2.75, 3.05) is 13.2 Å². The molecule has 1 saturated heterocycles. The van der Waals surface area contributed by atoms with E-state index in [1.807, 2.05) is 54.6 Å². The van der Waals surface area contributed by atoms with Crippen LogP contribution < -0.4 is 5.32 Å². The zero-order chi connectivity index (χ0) is 16.1. The third kappa shape index (κ3) is 4.12. The molecule has 120 valence electrons. The van der Waals surface area contributed by atoms with Crippen molar-refractivity contribution in [2.45, 2.75) is 18.9 Å². The lowest BCUT2D eigenvalue weighted by atomic mass is 9.95. The minimum absolute atomic E-state index is 0.0299. The molecule has 0 radical (unpaired) electrons. The molecule has 1 unspecified atom stereocenters. The molecule has 3 rings (SSSR count). The molecule has 2 aromatic rings. The average molecular weight is 330 g/mol. The van der Waals surface area contributed by atoms with E-state index in [0.717, 1.165) is 24.0 Å². The Morgan fingerprint density at radius 1 is 1.00 bits per heavy atom. The van der Waals surface area contributed by atoms with Crippen molar-refractivity contribution in [3.8, 4) is 0 Å². The summed E-state index contributed by atoms with van der Waals surface area (Å²) < 4.78 is 5.34. The van der Waals surface area contributed by atoms with Crippen LogP contribution in [0.3, 0.4) is 0 Å². The number of halogens is 1. The zero-order valence-electron chi connectivity index (χ0n) is 12.9. The van der Waals surface area contributed by atoms with Crippen LogP contribution in [-0.2, 0) is 9.53 Å². The number of rotatable bonds is 4. The highest BCUT2D eigenvalue weighted by atomic mass is 35.5. The van der Waals surface area contributed by atoms with Crippen molar-refractivity contribution >= 4 is 17.5 Å². The maximum Gasteiger partial charge on any atom is 0.224 e. The molecule has 1 amide bonds. The van der Waals surface area contributed by atoms with Gasteiger partial charge in [-0.3, -0.25) is 4.79 Å². The smallest absolute Gasteiger partial charge is 0.224 e. The minimum Gasteiger partial charge on any atom is -0.381 e. The normalized spacial score (nSPS) is 16.7. The molecule has 0 aromatic heterocycles. The van der Waals surface area contributed by atoms with Crippen LogP contribution in [0.25, 0.3) is 0 Å². The summed E-state index contributed by atoms with van der Waals surface area (Å²) in [6.45, 7) is 1.32. The van der Waals surface area contributed by atoms with Crippen LogP contribution in [0.15, 0.2) is 54.6 Å². The molecule has 1 fully saturated rings. The second-order valence-electron chi connectivity index (χ2n) is 5.79. The number of benzene rings is 2. The van der Waals surface area contributed by atoms with E-state index in [1.54, 1.807) is 0 Å². The summed E-state index contributed by atoms with van der Waals surface area (Å²) in [4.78, 5) is 12.6. The van der Waals surface area contributed by atoms with Crippen molar-refractivity contribution in [3.05, 3.63) is 70.7 Å². The maximum atomic E-state index is 12.6. The van der Waals surface area contributed by atoms with E-state index in [1.165, 1.54) is 0 Å². The molecule has 23 heavy (non-hydrogen) atoms. The van der Waals surface area contributed by atoms with E-state index in [9.17, 15) is 4.79 Å². The van der Waals surface area contributed by atoms with Gasteiger partial charge < -0.3 is 10.1 Å². The first-order chi connectivity index (χ1) is 11.2. The van der Waals surface area contributed by atoms with Gasteiger partial charge in [-0.1, -0.05) is 54.1 Å². The fourth-order valence-corrected chi connectivity index (χ4v) is 3.01. The third-order valence-corrected chi connectivity index (χ3v) is 4.47. The molecule has 0 spiro atoms. The topological polar surface area (TPSA) is 38.3 Å². The predicted molar refractivity (Wildman–Crippen MR) is 91.4 cm³/mol. The first-order valence-corrected chi connectivity index (χ1v) is 8.30. The molecule has 1 aliphatic heterocycles. The van der Waals surface area contributed by atoms with Gasteiger partial charge in [0.15, 0.2) is 0 Å². The second kappa shape index (κ2) is 7.62. The van der Waals surface area contributed by atoms with Crippen molar-refractivity contribution in [3.63, 3.8) is 0 Å². The van der Waals surface area contributed by atoms with E-state index < -0.39 is 0 Å². The van der Waals surface area contributed by atoms with Gasteiger partial charge in [-0.05, 0) is 36.1 Å². The number of hydrogen-bond donors (Lipinski definition) is 1. The second-order valence-corrected chi connectivity index (χ2v) is 6.23. The van der Waals surface area contributed by atoms with Gasteiger partial charge in [0.2, 0.25) is 5.91 Å². The largest absolute Gasteiger partial charge is 0.381 e. The van der Waals surface area contributed by atoms with Gasteiger partial charge in [-0.15, -0.1) is 0 Å². The summed E-state index contributed by atoms with van der Waals surface area (Å²) in [6, 6.07) is 17.5. The molecule has 4 heteroatoms. The van der Waals surface area contributed by atoms with Crippen molar-refractivity contribution < 1.29 is 9.53 Å². The summed E-state index contributed by atoms with van der Waals surface area (Å²) in [5, 5.41) is 3.89. The number of nitrogens with one attached hydrogen (secondary N) is 1. The molecule has 0 aliphatic carbocycles. The van der Waals surface area contributed by atoms with Crippen molar-refractivity contribution in [1.29, 1.82) is 0 Å². The molecule has 1 atom stereocenters. The van der Waals surface area contributed by atoms with Crippen LogP contribution in [0.1, 0.15) is 30.0 Å². The Hall–Kier alpha value is -1.84. The molecule has 2 aromatic carbocycles. The molecule has 0 saturated carbocycles. The number of hydrogen-bond acceptors (Lipinski definition) is 2. The number of ether oxygens (including phenoxy) is 1. The Bertz CT molecular complexity index is 636. The molecule has 1 N–H and O–H groups in total. The lowest BCUT2D eigenvalue weighted by Crippen LogP contribution is -2.37. The molecule has 1 heterocycles. The number of carbonyl (C=O) groups excluding carboxylic acids is 1. The quantitative estimate of drug-likeness (QED) is 0.921. The summed E-state index contributed by atoms with van der Waals surface area (Å²) in [5.41, 5.74) is 2.09. The van der Waals surface area contributed by atoms with Crippen LogP contribution in [0.4, 0.5) is 0 Å². The minimum atomic E-state index is -0.163. The highest BCUT2D eigenvalue weighted by molar-refractivity contribution is 6.30. The predicted octanol–water partition coefficient (Wildman–Crippen LogP) is 3.97. The Morgan fingerprint density at radius 3 is 2.26 bits per heavy atom. The SMILES string of the molecule is O=C(NC(c1ccccc1)c1ccc(Cl)cc1)C1CCOCC1. The fraction of sp³-hybridized carbons (Fsp3) is 0.316. The first kappa shape index (κ1) is 16.0. The van der Waals surface area contributed by atoms with E-state index in [2.05, 4.69) is 5.32 Å². The molecule has 1 aliphatic rings. The summed E-state index contributed by atoms with van der Waals surface area (Å²) in [6.07, 6.45) is 1.57. The first-order valence-electron chi connectivity index (χ1n) is 7.92. The van der Waals surface area contributed by atoms with E-state index >= 15 is 0 Å². The van der Waals surface area contributed by atoms with Gasteiger partial charge in [0.1, 0.15) is 0 Å². The highest BCUT2D eigenvalue weighted by Crippen LogP contribution is 2.25. The third-order valence-electron chi connectivity index (χ3n) is 4.21. The van der Waals surface area contributed by atoms with Gasteiger partial charge >= 0.3 is 0 Å². The molecule has 3 nitrogen and oxygen atoms in total. The van der Waals surface area contributed by atoms with Gasteiger partial charge in [0.05, 0.1) is 6.04 Å². The van der Waals surface area contributed by atoms with Crippen molar-refractivity contribution in [1.82, 2.24) is 5.32 Å². The van der Waals surface area contributed by atoms with Gasteiger partial charge in [0, 0.05) is 24.2 Å². The van der Waals surface area contributed by atoms with Gasteiger partial charge in [-0.25, -0.2) is 0 Å². The molecule has 0 bridgehead atoms. The van der Waals surface area contributed by atoms with Crippen LogP contribution >= 0.6 is 11.6 Å². The van der Waals surface area contributed by atoms with Gasteiger partial charge in [0.25, 0.3) is 0 Å². The maximum absolute atomic E-state index is 12.6. The lowest BCUT2D eigenvalue weighted by molar-refractivity contribution is -0.128. The Kier molecular flexibility index (Phi) is 5.31. The Balaban J connectivity index is 1.83. The lowest BCUT2D eigenvalue weighted by Gasteiger charge is -2.26. The molecular weight excluding hydrogens is 310 g/mol. The standard InChI is InChI=1S/C19H20ClNO2/c20-17-8-6-15(7-9-17)18(14-4-2-1-3-5-14)21-19(22)16-10-12-23-13-11-16/h1-9,16,18H,10-13H2,(H,21,22). The summed E-state index contributed by atoms with van der Waals surface area (Å²) in [7, 11) is 0. The van der Waals surface area contributed by atoms with Crippen LogP contribution in [0.5, 0.6) is 0 Å². The van der Waals surface area contributed by atoms with E-state index in [4.69, 9.17) is 16.3 Å². The van der Waals surface area contributed by atoms with Gasteiger partial charge in [-0.2, -0.15) is 0 Å². The zero-order valence-corrected chi connectivity index (χ0v) is 13.6. The Labute approximate surface area is 141 Å². The summed E-state index contributed by atoms with van der Waals surface area (Å²) in [5.74, 6) is 0.124. The van der Waals surface area contributed by atoms with Crippen LogP contribution in [-0.4, -0.2) is 19.1 Å². The van der Waals surface area contributed by atoms with Crippen LogP contribution in [0, 0.1) is 5.92 Å². The molecular formula is C19H20ClNO2. The van der Waals surface area contributed by atoms with E-state index in [0.29, 0.717) is 18.2 Å². The average Bonchev–Trinajstić information content (AvgIpc) is 2.62. The monoisotopic (exact) mass is 329 g/mol. The number of carbonyl (C=O) groups is 1. The fourth-order valence-electron chi connectivity index (χ4n) is 2.88. The van der Waals surface area contributed by atoms with Crippen LogP contribution in [0.2, 0.25) is 5.02 Å². The van der Waals surface area contributed by atoms with E-state index in [-0.39, 0.29) is 17.9 Å². The Morgan fingerprint density at radius 2 is 1.61 bits per heavy atom. The number of amides is 1. The van der Waals surface area contributed by atoms with Crippen molar-refractivity contribution in [2.24, 2.45) is 5.92 Å². The highest BCUT2D eigenvalue weighted by Gasteiger charge is 2.25. The summed E-state index contributed by atoms with van der Waals surface area (Å²) >= 11 is 5.99.